The minimum atomic E-state index is -3.73. The molecule has 1 fully saturated rings. The van der Waals surface area contributed by atoms with Gasteiger partial charge in [-0.3, -0.25) is 4.98 Å². The zero-order valence-electron chi connectivity index (χ0n) is 14.3. The van der Waals surface area contributed by atoms with E-state index in [0.29, 0.717) is 24.5 Å². The van der Waals surface area contributed by atoms with Crippen LogP contribution in [0.3, 0.4) is 0 Å². The van der Waals surface area contributed by atoms with Crippen molar-refractivity contribution in [2.24, 2.45) is 0 Å². The van der Waals surface area contributed by atoms with Crippen LogP contribution in [0.2, 0.25) is 0 Å². The number of hydrogen-bond donors (Lipinski definition) is 0. The molecule has 2 aromatic rings. The molecule has 1 aliphatic rings. The summed E-state index contributed by atoms with van der Waals surface area (Å²) in [6.07, 6.45) is 3.76. The zero-order valence-corrected chi connectivity index (χ0v) is 15.1. The van der Waals surface area contributed by atoms with E-state index >= 15 is 0 Å². The van der Waals surface area contributed by atoms with Crippen molar-refractivity contribution in [1.82, 2.24) is 9.29 Å². The van der Waals surface area contributed by atoms with Crippen molar-refractivity contribution in [3.05, 3.63) is 48.3 Å². The van der Waals surface area contributed by atoms with Crippen molar-refractivity contribution in [3.8, 4) is 17.6 Å². The van der Waals surface area contributed by atoms with E-state index in [1.54, 1.807) is 19.2 Å². The number of methoxy groups -OCH3 is 1. The van der Waals surface area contributed by atoms with Crippen LogP contribution in [0.5, 0.6) is 11.5 Å². The van der Waals surface area contributed by atoms with Gasteiger partial charge in [-0.2, -0.15) is 9.57 Å². The van der Waals surface area contributed by atoms with Crippen molar-refractivity contribution in [3.63, 3.8) is 0 Å². The molecule has 0 saturated carbocycles. The van der Waals surface area contributed by atoms with Crippen molar-refractivity contribution < 1.29 is 17.9 Å². The molecule has 0 amide bonds. The fourth-order valence-corrected chi connectivity index (χ4v) is 4.39. The van der Waals surface area contributed by atoms with Gasteiger partial charge in [0.1, 0.15) is 17.1 Å². The highest BCUT2D eigenvalue weighted by atomic mass is 32.2. The summed E-state index contributed by atoms with van der Waals surface area (Å²) in [4.78, 5) is 3.87. The molecule has 136 valence electrons. The molecule has 26 heavy (non-hydrogen) atoms. The first-order valence-electron chi connectivity index (χ1n) is 8.19. The maximum atomic E-state index is 12.9. The van der Waals surface area contributed by atoms with E-state index in [0.717, 1.165) is 6.42 Å². The Morgan fingerprint density at radius 1 is 1.27 bits per heavy atom. The van der Waals surface area contributed by atoms with Gasteiger partial charge in [0, 0.05) is 18.9 Å². The third-order valence-electron chi connectivity index (χ3n) is 4.18. The Balaban J connectivity index is 1.78. The zero-order chi connectivity index (χ0) is 18.6. The Morgan fingerprint density at radius 2 is 2.04 bits per heavy atom. The topological polar surface area (TPSA) is 92.5 Å². The summed E-state index contributed by atoms with van der Waals surface area (Å²) in [6, 6.07) is 10.5. The number of nitrogens with zero attached hydrogens (tertiary/aromatic N) is 3. The molecule has 1 atom stereocenters. The van der Waals surface area contributed by atoms with Crippen LogP contribution in [0.1, 0.15) is 18.4 Å². The van der Waals surface area contributed by atoms with Crippen LogP contribution in [0.25, 0.3) is 0 Å². The van der Waals surface area contributed by atoms with Gasteiger partial charge < -0.3 is 9.47 Å². The first-order chi connectivity index (χ1) is 12.5. The summed E-state index contributed by atoms with van der Waals surface area (Å²) >= 11 is 0. The molecule has 3 rings (SSSR count). The molecule has 0 spiro atoms. The minimum absolute atomic E-state index is 0.0227. The summed E-state index contributed by atoms with van der Waals surface area (Å²) in [7, 11) is -2.16. The number of sulfonamides is 1. The molecule has 2 heterocycles. The Hall–Kier alpha value is -2.63. The highest BCUT2D eigenvalue weighted by molar-refractivity contribution is 7.89. The van der Waals surface area contributed by atoms with Crippen LogP contribution in [0, 0.1) is 11.3 Å². The van der Waals surface area contributed by atoms with Gasteiger partial charge in [0.05, 0.1) is 19.2 Å². The lowest BCUT2D eigenvalue weighted by atomic mass is 10.1. The third kappa shape index (κ3) is 3.79. The summed E-state index contributed by atoms with van der Waals surface area (Å²) in [5.74, 6) is 1.20. The van der Waals surface area contributed by atoms with Crippen LogP contribution in [-0.4, -0.2) is 44.0 Å². The van der Waals surface area contributed by atoms with E-state index in [2.05, 4.69) is 4.98 Å². The van der Waals surface area contributed by atoms with Gasteiger partial charge >= 0.3 is 0 Å². The van der Waals surface area contributed by atoms with Crippen LogP contribution in [0.4, 0.5) is 0 Å². The van der Waals surface area contributed by atoms with Gasteiger partial charge in [-0.15, -0.1) is 0 Å². The minimum Gasteiger partial charge on any atom is -0.493 e. The molecular weight excluding hydrogens is 354 g/mol. The standard InChI is InChI=1S/C18H19N3O4S/c1-24-17-6-2-3-7-18(17)25-15-5-4-8-21(13-15)26(22,23)16-9-14(10-19)11-20-12-16/h2-3,6-7,9,11-12,15H,4-5,8,13H2,1H3. The number of pyridine rings is 1. The molecule has 1 aromatic carbocycles. The molecule has 1 saturated heterocycles. The van der Waals surface area contributed by atoms with Gasteiger partial charge in [-0.1, -0.05) is 12.1 Å². The maximum absolute atomic E-state index is 12.9. The van der Waals surface area contributed by atoms with Crippen molar-refractivity contribution in [2.75, 3.05) is 20.2 Å². The van der Waals surface area contributed by atoms with Gasteiger partial charge in [0.15, 0.2) is 11.5 Å². The summed E-state index contributed by atoms with van der Waals surface area (Å²) in [5, 5.41) is 8.96. The Kier molecular flexibility index (Phi) is 5.40. The highest BCUT2D eigenvalue weighted by Gasteiger charge is 2.32. The van der Waals surface area contributed by atoms with Crippen molar-refractivity contribution in [2.45, 2.75) is 23.8 Å². The summed E-state index contributed by atoms with van der Waals surface area (Å²) in [5.41, 5.74) is 0.213. The quantitative estimate of drug-likeness (QED) is 0.798. The Morgan fingerprint density at radius 3 is 2.77 bits per heavy atom. The number of para-hydroxylation sites is 2. The van der Waals surface area contributed by atoms with Crippen LogP contribution >= 0.6 is 0 Å². The first kappa shape index (κ1) is 18.2. The van der Waals surface area contributed by atoms with Crippen LogP contribution < -0.4 is 9.47 Å². The molecule has 0 aliphatic carbocycles. The lowest BCUT2D eigenvalue weighted by Gasteiger charge is -2.32. The lowest BCUT2D eigenvalue weighted by Crippen LogP contribution is -2.44. The monoisotopic (exact) mass is 373 g/mol. The van der Waals surface area contributed by atoms with E-state index in [-0.39, 0.29) is 23.1 Å². The number of nitriles is 1. The Labute approximate surface area is 152 Å². The largest absolute Gasteiger partial charge is 0.493 e. The predicted molar refractivity (Wildman–Crippen MR) is 94.4 cm³/mol. The molecule has 0 N–H and O–H groups in total. The molecule has 0 radical (unpaired) electrons. The van der Waals surface area contributed by atoms with Crippen molar-refractivity contribution >= 4 is 10.0 Å². The Bertz CT molecular complexity index is 924. The SMILES string of the molecule is COc1ccccc1OC1CCCN(S(=O)(=O)c2cncc(C#N)c2)C1. The van der Waals surface area contributed by atoms with E-state index in [1.165, 1.54) is 22.8 Å². The van der Waals surface area contributed by atoms with Gasteiger partial charge in [0.25, 0.3) is 0 Å². The van der Waals surface area contributed by atoms with Crippen LogP contribution in [-0.2, 0) is 10.0 Å². The molecule has 1 aromatic heterocycles. The van der Waals surface area contributed by atoms with E-state index in [4.69, 9.17) is 14.7 Å². The average molecular weight is 373 g/mol. The molecule has 1 aliphatic heterocycles. The normalized spacial score (nSPS) is 18.1. The molecule has 7 nitrogen and oxygen atoms in total. The smallest absolute Gasteiger partial charge is 0.244 e. The second-order valence-electron chi connectivity index (χ2n) is 5.92. The fraction of sp³-hybridized carbons (Fsp3) is 0.333. The van der Waals surface area contributed by atoms with Crippen LogP contribution in [0.15, 0.2) is 47.6 Å². The summed E-state index contributed by atoms with van der Waals surface area (Å²) in [6.45, 7) is 0.641. The number of piperidine rings is 1. The number of hydrogen-bond acceptors (Lipinski definition) is 6. The van der Waals surface area contributed by atoms with E-state index < -0.39 is 10.0 Å². The molecule has 0 bridgehead atoms. The fourth-order valence-electron chi connectivity index (χ4n) is 2.89. The van der Waals surface area contributed by atoms with E-state index in [9.17, 15) is 8.42 Å². The van der Waals surface area contributed by atoms with Gasteiger partial charge in [-0.05, 0) is 31.0 Å². The highest BCUT2D eigenvalue weighted by Crippen LogP contribution is 2.29. The second-order valence-corrected chi connectivity index (χ2v) is 7.86. The van der Waals surface area contributed by atoms with Crippen molar-refractivity contribution in [1.29, 1.82) is 5.26 Å². The third-order valence-corrected chi connectivity index (χ3v) is 6.01. The molecule has 8 heteroatoms. The number of ether oxygens (including phenoxy) is 2. The number of aromatic nitrogens is 1. The van der Waals surface area contributed by atoms with Gasteiger partial charge in [0.2, 0.25) is 10.0 Å². The molecule has 1 unspecified atom stereocenters. The maximum Gasteiger partial charge on any atom is 0.244 e. The predicted octanol–water partition coefficient (Wildman–Crippen LogP) is 2.19. The average Bonchev–Trinajstić information content (AvgIpc) is 2.68. The second kappa shape index (κ2) is 7.72. The molecular formula is C18H19N3O4S. The first-order valence-corrected chi connectivity index (χ1v) is 9.63. The summed E-state index contributed by atoms with van der Waals surface area (Å²) < 4.78 is 38.4. The number of rotatable bonds is 5. The van der Waals surface area contributed by atoms with E-state index in [1.807, 2.05) is 18.2 Å². The lowest BCUT2D eigenvalue weighted by molar-refractivity contribution is 0.126. The number of benzene rings is 1. The van der Waals surface area contributed by atoms with Gasteiger partial charge in [-0.25, -0.2) is 8.42 Å².